The van der Waals surface area contributed by atoms with Crippen molar-refractivity contribution in [3.8, 4) is 5.88 Å². The lowest BCUT2D eigenvalue weighted by Gasteiger charge is -2.29. The molecule has 1 fully saturated rings. The first-order valence-electron chi connectivity index (χ1n) is 16.0. The zero-order valence-electron chi connectivity index (χ0n) is 26.6. The van der Waals surface area contributed by atoms with E-state index in [2.05, 4.69) is 36.0 Å². The Labute approximate surface area is 289 Å². The van der Waals surface area contributed by atoms with Crippen LogP contribution in [0.1, 0.15) is 45.4 Å². The van der Waals surface area contributed by atoms with Gasteiger partial charge in [0.15, 0.2) is 5.82 Å². The van der Waals surface area contributed by atoms with E-state index in [9.17, 15) is 9.18 Å². The number of H-pyrrole nitrogens is 1. The van der Waals surface area contributed by atoms with E-state index in [1.807, 2.05) is 30.3 Å². The molecule has 6 aromatic rings. The lowest BCUT2D eigenvalue weighted by atomic mass is 10.0. The van der Waals surface area contributed by atoms with Crippen molar-refractivity contribution >= 4 is 61.4 Å². The molecule has 0 saturated carbocycles. The van der Waals surface area contributed by atoms with Gasteiger partial charge in [-0.05, 0) is 61.7 Å². The first kappa shape index (κ1) is 31.6. The molecule has 2 aliphatic rings. The molecule has 11 nitrogen and oxygen atoms in total. The number of ether oxygens (including phenoxy) is 2. The van der Waals surface area contributed by atoms with E-state index in [1.165, 1.54) is 23.0 Å². The molecule has 1 saturated heterocycles. The summed E-state index contributed by atoms with van der Waals surface area (Å²) in [6.07, 6.45) is 5.76. The number of thiophene rings is 1. The smallest absolute Gasteiger partial charge is 0.265 e. The molecular formula is C35H32ClFN8O3S. The van der Waals surface area contributed by atoms with E-state index >= 15 is 0 Å². The highest BCUT2D eigenvalue weighted by molar-refractivity contribution is 7.20. The molecule has 1 amide bonds. The quantitative estimate of drug-likeness (QED) is 0.161. The third-order valence-corrected chi connectivity index (χ3v) is 10.1. The van der Waals surface area contributed by atoms with Gasteiger partial charge in [-0.2, -0.15) is 5.10 Å². The van der Waals surface area contributed by atoms with Gasteiger partial charge in [-0.15, -0.1) is 11.3 Å². The number of aryl methyl sites for hydroxylation is 1. The number of aromatic amines is 1. The molecule has 7 heterocycles. The van der Waals surface area contributed by atoms with Gasteiger partial charge in [0, 0.05) is 43.0 Å². The molecule has 49 heavy (non-hydrogen) atoms. The number of carbonyl (C=O) groups is 1. The normalized spacial score (nSPS) is 16.6. The molecule has 0 radical (unpaired) electrons. The molecule has 0 aliphatic carbocycles. The maximum absolute atomic E-state index is 14.6. The zero-order chi connectivity index (χ0) is 33.5. The lowest BCUT2D eigenvalue weighted by Crippen LogP contribution is -2.33. The SMILES string of the molecule is Cc1n[nH]c2c(F)cc(NC(=O)c3cc4c(nc(CN5CC=C(c6cccc(OCc7ccc(Cl)cn7)n6)CC5)n4C[C@@H]4CCO4)s3)cc12. The summed E-state index contributed by atoms with van der Waals surface area (Å²) in [5, 5.41) is 10.8. The number of anilines is 1. The molecule has 2 N–H and O–H groups in total. The van der Waals surface area contributed by atoms with Gasteiger partial charge in [-0.25, -0.2) is 14.4 Å². The number of amides is 1. The molecule has 2 aliphatic heterocycles. The first-order valence-corrected chi connectivity index (χ1v) is 17.2. The summed E-state index contributed by atoms with van der Waals surface area (Å²) >= 11 is 7.27. The third-order valence-electron chi connectivity index (χ3n) is 8.87. The van der Waals surface area contributed by atoms with Crippen LogP contribution in [0.15, 0.2) is 60.8 Å². The average Bonchev–Trinajstić information content (AvgIpc) is 3.76. The number of nitrogens with zero attached hydrogens (tertiary/aromatic N) is 6. The number of rotatable bonds is 10. The Hall–Kier alpha value is -4.69. The van der Waals surface area contributed by atoms with Crippen molar-refractivity contribution in [2.45, 2.75) is 45.6 Å². The molecule has 0 unspecified atom stereocenters. The molecular weight excluding hydrogens is 667 g/mol. The van der Waals surface area contributed by atoms with Crippen LogP contribution in [0.25, 0.3) is 26.8 Å². The Balaban J connectivity index is 0.958. The lowest BCUT2D eigenvalue weighted by molar-refractivity contribution is -0.0591. The Morgan fingerprint density at radius 3 is 2.90 bits per heavy atom. The minimum Gasteiger partial charge on any atom is -0.471 e. The maximum Gasteiger partial charge on any atom is 0.265 e. The van der Waals surface area contributed by atoms with Gasteiger partial charge in [0.05, 0.1) is 51.7 Å². The number of pyridine rings is 2. The molecule has 0 bridgehead atoms. The third kappa shape index (κ3) is 6.66. The van der Waals surface area contributed by atoms with Crippen molar-refractivity contribution in [2.24, 2.45) is 0 Å². The van der Waals surface area contributed by atoms with E-state index in [-0.39, 0.29) is 12.0 Å². The first-order chi connectivity index (χ1) is 23.9. The molecule has 0 spiro atoms. The zero-order valence-corrected chi connectivity index (χ0v) is 28.2. The Bertz CT molecular complexity index is 2210. The molecule has 1 atom stereocenters. The highest BCUT2D eigenvalue weighted by Crippen LogP contribution is 2.31. The minimum absolute atomic E-state index is 0.116. The fourth-order valence-corrected chi connectivity index (χ4v) is 7.16. The Morgan fingerprint density at radius 2 is 2.12 bits per heavy atom. The predicted octanol–water partition coefficient (Wildman–Crippen LogP) is 6.77. The second-order valence-electron chi connectivity index (χ2n) is 12.2. The van der Waals surface area contributed by atoms with Crippen molar-refractivity contribution in [2.75, 3.05) is 25.0 Å². The van der Waals surface area contributed by atoms with E-state index in [4.69, 9.17) is 31.0 Å². The van der Waals surface area contributed by atoms with Gasteiger partial charge >= 0.3 is 0 Å². The van der Waals surface area contributed by atoms with E-state index in [0.29, 0.717) is 57.8 Å². The van der Waals surface area contributed by atoms with Crippen LogP contribution in [0.2, 0.25) is 5.02 Å². The number of aromatic nitrogens is 6. The van der Waals surface area contributed by atoms with Crippen LogP contribution < -0.4 is 10.1 Å². The topological polar surface area (TPSA) is 123 Å². The van der Waals surface area contributed by atoms with Crippen molar-refractivity contribution in [3.63, 3.8) is 0 Å². The van der Waals surface area contributed by atoms with Gasteiger partial charge < -0.3 is 19.4 Å². The summed E-state index contributed by atoms with van der Waals surface area (Å²) in [4.78, 5) is 31.0. The number of imidazole rings is 1. The summed E-state index contributed by atoms with van der Waals surface area (Å²) in [5.41, 5.74) is 5.11. The van der Waals surface area contributed by atoms with Crippen molar-refractivity contribution < 1.29 is 18.7 Å². The summed E-state index contributed by atoms with van der Waals surface area (Å²) in [6.45, 7) is 5.78. The number of halogens is 2. The van der Waals surface area contributed by atoms with Gasteiger partial charge in [0.25, 0.3) is 5.91 Å². The summed E-state index contributed by atoms with van der Waals surface area (Å²) in [5.74, 6) is 0.707. The maximum atomic E-state index is 14.6. The van der Waals surface area contributed by atoms with Crippen molar-refractivity contribution in [1.29, 1.82) is 0 Å². The number of hydrogen-bond donors (Lipinski definition) is 2. The average molecular weight is 699 g/mol. The van der Waals surface area contributed by atoms with E-state index in [0.717, 1.165) is 60.1 Å². The largest absolute Gasteiger partial charge is 0.471 e. The number of benzene rings is 1. The summed E-state index contributed by atoms with van der Waals surface area (Å²) in [7, 11) is 0. The van der Waals surface area contributed by atoms with Crippen LogP contribution in [0.5, 0.6) is 5.88 Å². The van der Waals surface area contributed by atoms with Crippen LogP contribution in [-0.4, -0.2) is 66.3 Å². The van der Waals surface area contributed by atoms with Gasteiger partial charge in [-0.1, -0.05) is 23.7 Å². The predicted molar refractivity (Wildman–Crippen MR) is 186 cm³/mol. The van der Waals surface area contributed by atoms with Crippen LogP contribution in [0, 0.1) is 12.7 Å². The second-order valence-corrected chi connectivity index (χ2v) is 13.7. The van der Waals surface area contributed by atoms with Crippen LogP contribution >= 0.6 is 22.9 Å². The second kappa shape index (κ2) is 13.3. The minimum atomic E-state index is -0.468. The number of fused-ring (bicyclic) bond motifs is 2. The van der Waals surface area contributed by atoms with Crippen molar-refractivity contribution in [3.05, 3.63) is 99.4 Å². The van der Waals surface area contributed by atoms with Crippen molar-refractivity contribution in [1.82, 2.24) is 34.6 Å². The number of nitrogens with one attached hydrogen (secondary N) is 2. The van der Waals surface area contributed by atoms with Crippen LogP contribution in [-0.2, 0) is 24.4 Å². The van der Waals surface area contributed by atoms with E-state index in [1.54, 1.807) is 25.3 Å². The van der Waals surface area contributed by atoms with Gasteiger partial charge in [0.1, 0.15) is 22.8 Å². The fraction of sp³-hybridized carbons (Fsp3) is 0.286. The van der Waals surface area contributed by atoms with Gasteiger partial charge in [-0.3, -0.25) is 19.8 Å². The molecule has 250 valence electrons. The number of hydrogen-bond acceptors (Lipinski definition) is 9. The summed E-state index contributed by atoms with van der Waals surface area (Å²) < 4.78 is 28.5. The van der Waals surface area contributed by atoms with Crippen LogP contribution in [0.3, 0.4) is 0 Å². The molecule has 5 aromatic heterocycles. The van der Waals surface area contributed by atoms with Gasteiger partial charge in [0.2, 0.25) is 5.88 Å². The highest BCUT2D eigenvalue weighted by atomic mass is 35.5. The summed E-state index contributed by atoms with van der Waals surface area (Å²) in [6, 6.07) is 14.3. The van der Waals surface area contributed by atoms with Crippen LogP contribution in [0.4, 0.5) is 10.1 Å². The molecule has 8 rings (SSSR count). The Morgan fingerprint density at radius 1 is 1.22 bits per heavy atom. The standard InChI is InChI=1S/C35H32ClFN8O3S/c1-20-26-13-24(14-27(37)33(26)43-42-20)39-34(46)30-15-29-35(49-30)41-31(45(29)17-25-9-12-47-25)18-44-10-7-21(8-11-44)28-3-2-4-32(40-28)48-19-23-6-5-22(36)16-38-23/h2-7,13-16,25H,8-12,17-19H2,1H3,(H,39,46)(H,42,43)/t25-/m0/s1. The monoisotopic (exact) mass is 698 g/mol. The molecule has 14 heteroatoms. The molecule has 1 aromatic carbocycles. The number of carbonyl (C=O) groups excluding carboxylic acids is 1. The fourth-order valence-electron chi connectivity index (χ4n) is 6.10. The Kier molecular flexibility index (Phi) is 8.58. The highest BCUT2D eigenvalue weighted by Gasteiger charge is 2.26. The van der Waals surface area contributed by atoms with E-state index < -0.39 is 5.82 Å².